The predicted octanol–water partition coefficient (Wildman–Crippen LogP) is 4.06. The van der Waals surface area contributed by atoms with Crippen molar-refractivity contribution < 1.29 is 24.1 Å². The molecule has 0 saturated heterocycles. The van der Waals surface area contributed by atoms with Gasteiger partial charge in [-0.15, -0.1) is 0 Å². The SMILES string of the molecule is CCC(CC)OC(=O)OCCC(C)(C)OCCC(C)(O)CC. The maximum Gasteiger partial charge on any atom is 0.508 e. The standard InChI is InChI=1S/C17H34O5/c1-7-14(8-2)22-15(18)20-12-10-16(4,5)21-13-11-17(6,19)9-3/h14,19H,7-13H2,1-6H3. The topological polar surface area (TPSA) is 65.0 Å². The van der Waals surface area contributed by atoms with Crippen LogP contribution in [-0.4, -0.2) is 41.8 Å². The second-order valence-electron chi connectivity index (χ2n) is 6.61. The highest BCUT2D eigenvalue weighted by Gasteiger charge is 2.23. The number of rotatable bonds is 11. The van der Waals surface area contributed by atoms with Crippen LogP contribution in [0.25, 0.3) is 0 Å². The average molecular weight is 318 g/mol. The van der Waals surface area contributed by atoms with Crippen LogP contribution in [-0.2, 0) is 14.2 Å². The summed E-state index contributed by atoms with van der Waals surface area (Å²) in [7, 11) is 0. The highest BCUT2D eigenvalue weighted by Crippen LogP contribution is 2.19. The summed E-state index contributed by atoms with van der Waals surface area (Å²) < 4.78 is 16.0. The Morgan fingerprint density at radius 2 is 1.64 bits per heavy atom. The van der Waals surface area contributed by atoms with Gasteiger partial charge in [0, 0.05) is 6.42 Å². The first kappa shape index (κ1) is 21.2. The fourth-order valence-corrected chi connectivity index (χ4v) is 1.80. The van der Waals surface area contributed by atoms with Crippen LogP contribution in [0.15, 0.2) is 0 Å². The summed E-state index contributed by atoms with van der Waals surface area (Å²) in [5, 5.41) is 9.93. The Bertz CT molecular complexity index is 308. The molecule has 5 heteroatoms. The van der Waals surface area contributed by atoms with Gasteiger partial charge >= 0.3 is 6.16 Å². The molecule has 132 valence electrons. The van der Waals surface area contributed by atoms with Gasteiger partial charge in [0.25, 0.3) is 0 Å². The summed E-state index contributed by atoms with van der Waals surface area (Å²) in [6.45, 7) is 12.3. The van der Waals surface area contributed by atoms with Gasteiger partial charge in [-0.3, -0.25) is 0 Å². The number of hydrogen-bond donors (Lipinski definition) is 1. The number of carbonyl (C=O) groups is 1. The zero-order chi connectivity index (χ0) is 17.2. The van der Waals surface area contributed by atoms with E-state index in [-0.39, 0.29) is 12.7 Å². The molecule has 1 atom stereocenters. The van der Waals surface area contributed by atoms with E-state index < -0.39 is 17.4 Å². The molecule has 0 heterocycles. The minimum absolute atomic E-state index is 0.0759. The average Bonchev–Trinajstić information content (AvgIpc) is 2.44. The molecule has 0 aliphatic carbocycles. The molecular weight excluding hydrogens is 284 g/mol. The first-order valence-corrected chi connectivity index (χ1v) is 8.35. The molecule has 0 fully saturated rings. The summed E-state index contributed by atoms with van der Waals surface area (Å²) in [5.74, 6) is 0. The van der Waals surface area contributed by atoms with Crippen molar-refractivity contribution in [1.82, 2.24) is 0 Å². The molecule has 0 bridgehead atoms. The summed E-state index contributed by atoms with van der Waals surface area (Å²) in [5.41, 5.74) is -1.09. The first-order valence-electron chi connectivity index (χ1n) is 8.35. The van der Waals surface area contributed by atoms with Crippen molar-refractivity contribution in [2.45, 2.75) is 91.0 Å². The van der Waals surface area contributed by atoms with Crippen molar-refractivity contribution >= 4 is 6.16 Å². The molecule has 0 saturated carbocycles. The lowest BCUT2D eigenvalue weighted by Gasteiger charge is -2.28. The predicted molar refractivity (Wildman–Crippen MR) is 87.0 cm³/mol. The van der Waals surface area contributed by atoms with Crippen molar-refractivity contribution in [2.24, 2.45) is 0 Å². The quantitative estimate of drug-likeness (QED) is 0.582. The highest BCUT2D eigenvalue weighted by molar-refractivity contribution is 5.60. The number of carbonyl (C=O) groups excluding carboxylic acids is 1. The number of ether oxygens (including phenoxy) is 3. The molecule has 0 aromatic rings. The van der Waals surface area contributed by atoms with Crippen LogP contribution in [0.3, 0.4) is 0 Å². The molecule has 22 heavy (non-hydrogen) atoms. The van der Waals surface area contributed by atoms with E-state index in [1.54, 1.807) is 6.92 Å². The monoisotopic (exact) mass is 318 g/mol. The molecule has 0 spiro atoms. The van der Waals surface area contributed by atoms with Crippen molar-refractivity contribution in [3.63, 3.8) is 0 Å². The van der Waals surface area contributed by atoms with E-state index in [4.69, 9.17) is 14.2 Å². The fraction of sp³-hybridized carbons (Fsp3) is 0.941. The Balaban J connectivity index is 3.95. The van der Waals surface area contributed by atoms with Gasteiger partial charge in [-0.1, -0.05) is 20.8 Å². The Morgan fingerprint density at radius 1 is 1.05 bits per heavy atom. The third-order valence-corrected chi connectivity index (χ3v) is 3.99. The summed E-state index contributed by atoms with van der Waals surface area (Å²) >= 11 is 0. The van der Waals surface area contributed by atoms with Crippen LogP contribution >= 0.6 is 0 Å². The number of hydrogen-bond acceptors (Lipinski definition) is 5. The van der Waals surface area contributed by atoms with Gasteiger partial charge in [0.05, 0.1) is 24.4 Å². The second-order valence-corrected chi connectivity index (χ2v) is 6.61. The molecule has 0 rings (SSSR count). The fourth-order valence-electron chi connectivity index (χ4n) is 1.80. The van der Waals surface area contributed by atoms with Crippen molar-refractivity contribution in [1.29, 1.82) is 0 Å². The Hall–Kier alpha value is -0.810. The van der Waals surface area contributed by atoms with Crippen LogP contribution in [0.4, 0.5) is 4.79 Å². The molecule has 5 nitrogen and oxygen atoms in total. The summed E-state index contributed by atoms with van der Waals surface area (Å²) in [6, 6.07) is 0. The summed E-state index contributed by atoms with van der Waals surface area (Å²) in [6.07, 6.45) is 2.76. The minimum atomic E-state index is -0.689. The molecule has 0 aliphatic heterocycles. The molecule has 0 radical (unpaired) electrons. The molecular formula is C17H34O5. The normalized spacial score (nSPS) is 14.7. The van der Waals surface area contributed by atoms with Crippen LogP contribution in [0.5, 0.6) is 0 Å². The van der Waals surface area contributed by atoms with E-state index in [1.165, 1.54) is 0 Å². The van der Waals surface area contributed by atoms with Gasteiger partial charge < -0.3 is 19.3 Å². The molecule has 0 amide bonds. The Labute approximate surface area is 135 Å². The molecule has 1 N–H and O–H groups in total. The van der Waals surface area contributed by atoms with Crippen molar-refractivity contribution in [3.05, 3.63) is 0 Å². The van der Waals surface area contributed by atoms with Gasteiger partial charge in [-0.25, -0.2) is 4.79 Å². The van der Waals surface area contributed by atoms with Gasteiger partial charge in [-0.2, -0.15) is 0 Å². The van der Waals surface area contributed by atoms with Crippen LogP contribution in [0, 0.1) is 0 Å². The lowest BCUT2D eigenvalue weighted by molar-refractivity contribution is -0.0649. The third-order valence-electron chi connectivity index (χ3n) is 3.99. The van der Waals surface area contributed by atoms with E-state index >= 15 is 0 Å². The Kier molecular flexibility index (Phi) is 9.69. The van der Waals surface area contributed by atoms with Crippen molar-refractivity contribution in [3.8, 4) is 0 Å². The second kappa shape index (κ2) is 10.1. The maximum atomic E-state index is 11.5. The molecule has 0 aliphatic rings. The third kappa shape index (κ3) is 10.0. The molecule has 0 aromatic heterocycles. The highest BCUT2D eigenvalue weighted by atomic mass is 16.7. The minimum Gasteiger partial charge on any atom is -0.434 e. The van der Waals surface area contributed by atoms with E-state index in [1.807, 2.05) is 34.6 Å². The Morgan fingerprint density at radius 3 is 2.14 bits per heavy atom. The zero-order valence-corrected chi connectivity index (χ0v) is 15.1. The largest absolute Gasteiger partial charge is 0.508 e. The van der Waals surface area contributed by atoms with Gasteiger partial charge in [0.2, 0.25) is 0 Å². The van der Waals surface area contributed by atoms with Gasteiger partial charge in [0.1, 0.15) is 6.10 Å². The van der Waals surface area contributed by atoms with Gasteiger partial charge in [0.15, 0.2) is 0 Å². The molecule has 0 aromatic carbocycles. The molecule has 1 unspecified atom stereocenters. The zero-order valence-electron chi connectivity index (χ0n) is 15.1. The number of aliphatic hydroxyl groups is 1. The first-order chi connectivity index (χ1) is 10.2. The van der Waals surface area contributed by atoms with Crippen LogP contribution in [0.1, 0.15) is 73.6 Å². The smallest absolute Gasteiger partial charge is 0.434 e. The maximum absolute atomic E-state index is 11.5. The van der Waals surface area contributed by atoms with Crippen molar-refractivity contribution in [2.75, 3.05) is 13.2 Å². The van der Waals surface area contributed by atoms with Gasteiger partial charge in [-0.05, 0) is 46.5 Å². The van der Waals surface area contributed by atoms with Crippen LogP contribution < -0.4 is 0 Å². The van der Waals surface area contributed by atoms with E-state index in [2.05, 4.69) is 0 Å². The van der Waals surface area contributed by atoms with E-state index in [0.29, 0.717) is 25.9 Å². The lowest BCUT2D eigenvalue weighted by Crippen LogP contribution is -2.31. The van der Waals surface area contributed by atoms with E-state index in [0.717, 1.165) is 12.8 Å². The van der Waals surface area contributed by atoms with Crippen LogP contribution in [0.2, 0.25) is 0 Å². The lowest BCUT2D eigenvalue weighted by atomic mass is 9.99. The van der Waals surface area contributed by atoms with E-state index in [9.17, 15) is 9.90 Å². The summed E-state index contributed by atoms with van der Waals surface area (Å²) in [4.78, 5) is 11.5.